The fraction of sp³-hybridized carbons (Fsp3) is 0.273. The molecule has 1 rings (SSSR count). The van der Waals surface area contributed by atoms with Gasteiger partial charge in [0.05, 0.1) is 10.7 Å². The van der Waals surface area contributed by atoms with Crippen molar-refractivity contribution in [3.05, 3.63) is 28.2 Å². The largest absolute Gasteiger partial charge is 0.339 e. The summed E-state index contributed by atoms with van der Waals surface area (Å²) in [5, 5.41) is 8.90. The number of anilines is 1. The molecule has 0 saturated heterocycles. The second-order valence-corrected chi connectivity index (χ2v) is 7.52. The fourth-order valence-electron chi connectivity index (χ4n) is 1.28. The maximum absolute atomic E-state index is 11.1. The SMILES string of the molecule is CC(=O)N[C@@H](NC(=S)Nc1ccc(Cl)cc1Cl)C(Cl)(Cl)Cl. The van der Waals surface area contributed by atoms with E-state index in [0.29, 0.717) is 15.7 Å². The van der Waals surface area contributed by atoms with Crippen molar-refractivity contribution in [2.75, 3.05) is 5.32 Å². The summed E-state index contributed by atoms with van der Waals surface area (Å²) in [6, 6.07) is 4.83. The number of benzene rings is 1. The van der Waals surface area contributed by atoms with Crippen LogP contribution in [0.1, 0.15) is 6.92 Å². The zero-order valence-electron chi connectivity index (χ0n) is 10.5. The predicted molar refractivity (Wildman–Crippen MR) is 93.7 cm³/mol. The van der Waals surface area contributed by atoms with Crippen LogP contribution in [-0.4, -0.2) is 21.0 Å². The number of hydrogen-bond donors (Lipinski definition) is 3. The molecule has 3 N–H and O–H groups in total. The maximum atomic E-state index is 11.1. The lowest BCUT2D eigenvalue weighted by molar-refractivity contribution is -0.119. The average Bonchev–Trinajstić information content (AvgIpc) is 2.30. The number of carbonyl (C=O) groups is 1. The number of amides is 1. The Balaban J connectivity index is 2.76. The molecule has 0 aliphatic carbocycles. The molecule has 0 bridgehead atoms. The molecule has 1 amide bonds. The van der Waals surface area contributed by atoms with Gasteiger partial charge in [-0.25, -0.2) is 0 Å². The van der Waals surface area contributed by atoms with Crippen molar-refractivity contribution in [1.82, 2.24) is 10.6 Å². The number of rotatable bonds is 3. The molecule has 0 spiro atoms. The highest BCUT2D eigenvalue weighted by molar-refractivity contribution is 7.80. The molecule has 4 nitrogen and oxygen atoms in total. The van der Waals surface area contributed by atoms with Crippen molar-refractivity contribution >= 4 is 86.9 Å². The lowest BCUT2D eigenvalue weighted by Crippen LogP contribution is -2.55. The quantitative estimate of drug-likeness (QED) is 0.400. The highest BCUT2D eigenvalue weighted by atomic mass is 35.6. The van der Waals surface area contributed by atoms with Crippen LogP contribution in [0.15, 0.2) is 18.2 Å². The van der Waals surface area contributed by atoms with E-state index in [9.17, 15) is 4.79 Å². The van der Waals surface area contributed by atoms with Crippen molar-refractivity contribution in [3.8, 4) is 0 Å². The maximum Gasteiger partial charge on any atom is 0.228 e. The van der Waals surface area contributed by atoms with Gasteiger partial charge in [0.25, 0.3) is 0 Å². The molecular weight excluding hydrogens is 399 g/mol. The number of halogens is 5. The summed E-state index contributed by atoms with van der Waals surface area (Å²) < 4.78 is -1.79. The van der Waals surface area contributed by atoms with Crippen molar-refractivity contribution in [3.63, 3.8) is 0 Å². The van der Waals surface area contributed by atoms with Crippen molar-refractivity contribution < 1.29 is 4.79 Å². The third-order valence-electron chi connectivity index (χ3n) is 2.13. The molecule has 1 aromatic carbocycles. The van der Waals surface area contributed by atoms with Crippen LogP contribution in [0.5, 0.6) is 0 Å². The zero-order chi connectivity index (χ0) is 16.2. The summed E-state index contributed by atoms with van der Waals surface area (Å²) in [7, 11) is 0. The van der Waals surface area contributed by atoms with E-state index in [2.05, 4.69) is 16.0 Å². The number of alkyl halides is 3. The molecule has 0 fully saturated rings. The van der Waals surface area contributed by atoms with Crippen LogP contribution < -0.4 is 16.0 Å². The summed E-state index contributed by atoms with van der Waals surface area (Å²) in [5.74, 6) is -0.383. The average molecular weight is 410 g/mol. The zero-order valence-corrected chi connectivity index (χ0v) is 15.1. The van der Waals surface area contributed by atoms with E-state index in [4.69, 9.17) is 70.2 Å². The van der Waals surface area contributed by atoms with Crippen LogP contribution >= 0.6 is 70.2 Å². The van der Waals surface area contributed by atoms with Crippen molar-refractivity contribution in [2.24, 2.45) is 0 Å². The van der Waals surface area contributed by atoms with Crippen LogP contribution in [0.25, 0.3) is 0 Å². The summed E-state index contributed by atoms with van der Waals surface area (Å²) in [5.41, 5.74) is 0.518. The van der Waals surface area contributed by atoms with Gasteiger partial charge in [0, 0.05) is 11.9 Å². The fourth-order valence-corrected chi connectivity index (χ4v) is 2.29. The molecule has 21 heavy (non-hydrogen) atoms. The first-order chi connectivity index (χ1) is 9.59. The Labute approximate surface area is 152 Å². The molecular formula is C11H10Cl5N3OS. The summed E-state index contributed by atoms with van der Waals surface area (Å²) in [6.07, 6.45) is -1.01. The van der Waals surface area contributed by atoms with Gasteiger partial charge in [-0.2, -0.15) is 0 Å². The van der Waals surface area contributed by atoms with Gasteiger partial charge in [-0.1, -0.05) is 58.0 Å². The van der Waals surface area contributed by atoms with Crippen molar-refractivity contribution in [2.45, 2.75) is 16.9 Å². The number of nitrogens with one attached hydrogen (secondary N) is 3. The third-order valence-corrected chi connectivity index (χ3v) is 3.55. The van der Waals surface area contributed by atoms with Gasteiger partial charge in [0.15, 0.2) is 5.11 Å². The Hall–Kier alpha value is -0.170. The van der Waals surface area contributed by atoms with Crippen LogP contribution in [0.3, 0.4) is 0 Å². The summed E-state index contributed by atoms with van der Waals surface area (Å²) >= 11 is 34.2. The molecule has 0 saturated carbocycles. The molecule has 0 aliphatic heterocycles. The lowest BCUT2D eigenvalue weighted by Gasteiger charge is -2.27. The molecule has 0 unspecified atom stereocenters. The van der Waals surface area contributed by atoms with Gasteiger partial charge >= 0.3 is 0 Å². The van der Waals surface area contributed by atoms with Gasteiger partial charge in [0.1, 0.15) is 6.17 Å². The minimum absolute atomic E-state index is 0.115. The second-order valence-electron chi connectivity index (χ2n) is 3.90. The minimum atomic E-state index is -1.79. The lowest BCUT2D eigenvalue weighted by atomic mass is 10.3. The van der Waals surface area contributed by atoms with Crippen LogP contribution in [0, 0.1) is 0 Å². The van der Waals surface area contributed by atoms with Gasteiger partial charge in [-0.05, 0) is 30.4 Å². The van der Waals surface area contributed by atoms with Gasteiger partial charge in [0.2, 0.25) is 9.70 Å². The van der Waals surface area contributed by atoms with Gasteiger partial charge < -0.3 is 16.0 Å². The molecule has 0 aliphatic rings. The summed E-state index contributed by atoms with van der Waals surface area (Å²) in [6.45, 7) is 1.29. The topological polar surface area (TPSA) is 53.2 Å². The molecule has 1 atom stereocenters. The van der Waals surface area contributed by atoms with E-state index in [-0.39, 0.29) is 11.0 Å². The Morgan fingerprint density at radius 2 is 1.86 bits per heavy atom. The second kappa shape index (κ2) is 7.90. The first-order valence-electron chi connectivity index (χ1n) is 5.46. The van der Waals surface area contributed by atoms with E-state index in [1.807, 2.05) is 0 Å². The Bertz CT molecular complexity index is 549. The Kier molecular flexibility index (Phi) is 7.10. The minimum Gasteiger partial charge on any atom is -0.339 e. The normalized spacial score (nSPS) is 12.5. The molecule has 0 heterocycles. The first-order valence-corrected chi connectivity index (χ1v) is 7.76. The van der Waals surface area contributed by atoms with E-state index in [0.717, 1.165) is 0 Å². The number of thiocarbonyl (C=S) groups is 1. The molecule has 10 heteroatoms. The van der Waals surface area contributed by atoms with Crippen molar-refractivity contribution in [1.29, 1.82) is 0 Å². The highest BCUT2D eigenvalue weighted by Gasteiger charge is 2.34. The van der Waals surface area contributed by atoms with Gasteiger partial charge in [-0.3, -0.25) is 4.79 Å². The molecule has 0 aromatic heterocycles. The Morgan fingerprint density at radius 3 is 2.33 bits per heavy atom. The standard InChI is InChI=1S/C11H10Cl5N3OS/c1-5(20)17-9(11(14,15)16)19-10(21)18-8-3-2-6(12)4-7(8)13/h2-4,9H,1H3,(H,17,20)(H2,18,19,21)/t9-/m0/s1. The smallest absolute Gasteiger partial charge is 0.228 e. The molecule has 0 radical (unpaired) electrons. The van der Waals surface area contributed by atoms with Crippen LogP contribution in [0.4, 0.5) is 5.69 Å². The summed E-state index contributed by atoms with van der Waals surface area (Å²) in [4.78, 5) is 11.1. The highest BCUT2D eigenvalue weighted by Crippen LogP contribution is 2.29. The van der Waals surface area contributed by atoms with E-state index >= 15 is 0 Å². The Morgan fingerprint density at radius 1 is 1.24 bits per heavy atom. The van der Waals surface area contributed by atoms with E-state index in [1.54, 1.807) is 18.2 Å². The monoisotopic (exact) mass is 407 g/mol. The van der Waals surface area contributed by atoms with E-state index in [1.165, 1.54) is 6.92 Å². The van der Waals surface area contributed by atoms with Gasteiger partial charge in [-0.15, -0.1) is 0 Å². The molecule has 1 aromatic rings. The third kappa shape index (κ3) is 6.63. The van der Waals surface area contributed by atoms with E-state index < -0.39 is 9.96 Å². The number of carbonyl (C=O) groups excluding carboxylic acids is 1. The van der Waals surface area contributed by atoms with Crippen LogP contribution in [-0.2, 0) is 4.79 Å². The number of hydrogen-bond acceptors (Lipinski definition) is 2. The first kappa shape index (κ1) is 18.9. The van der Waals surface area contributed by atoms with Crippen LogP contribution in [0.2, 0.25) is 10.0 Å². The molecule has 116 valence electrons. The predicted octanol–water partition coefficient (Wildman–Crippen LogP) is 4.11.